The molecule has 0 bridgehead atoms. The van der Waals surface area contributed by atoms with Crippen molar-refractivity contribution in [3.63, 3.8) is 0 Å². The van der Waals surface area contributed by atoms with Crippen LogP contribution in [-0.2, 0) is 39.4 Å². The predicted molar refractivity (Wildman–Crippen MR) is 167 cm³/mol. The van der Waals surface area contributed by atoms with Gasteiger partial charge in [0.25, 0.3) is 5.91 Å². The number of aliphatic hydroxyl groups is 1. The Morgan fingerprint density at radius 2 is 1.93 bits per heavy atom. The van der Waals surface area contributed by atoms with Crippen LogP contribution in [0, 0.1) is 25.6 Å². The van der Waals surface area contributed by atoms with E-state index >= 15 is 0 Å². The fourth-order valence-corrected chi connectivity index (χ4v) is 5.53. The molecule has 2 heterocycles. The van der Waals surface area contributed by atoms with Crippen LogP contribution in [0.1, 0.15) is 66.6 Å². The standard InChI is InChI=1S/C30H39FN5O9P/c1-17-21(18(2)34-26(17)14-23-22-13-20(31)6-8-24(22)36-29(23)40)7-11-28(39)35-25(9-10-27(32)38)30(41)33-12-4-3-5-19(15-37)16-44-46(43)45-42/h6,8,13-14,19,25,34,37H,3-5,7,9-12,15-16H2,1-2H3,(H5-,32,33,35,36,38,39,40,41,42)/p+1/t19?,25-/m1/s1. The van der Waals surface area contributed by atoms with Crippen LogP contribution in [0.5, 0.6) is 0 Å². The highest BCUT2D eigenvalue weighted by Crippen LogP contribution is 2.34. The van der Waals surface area contributed by atoms with E-state index < -0.39 is 37.8 Å². The maximum atomic E-state index is 13.8. The minimum atomic E-state index is -2.66. The van der Waals surface area contributed by atoms with Gasteiger partial charge < -0.3 is 31.8 Å². The normalized spacial score (nSPS) is 14.8. The number of benzene rings is 1. The minimum Gasteiger partial charge on any atom is -0.396 e. The van der Waals surface area contributed by atoms with Gasteiger partial charge in [0.1, 0.15) is 18.5 Å². The topological polar surface area (TPSA) is 222 Å². The Bertz CT molecular complexity index is 1480. The summed E-state index contributed by atoms with van der Waals surface area (Å²) < 4.78 is 33.2. The van der Waals surface area contributed by atoms with Crippen molar-refractivity contribution in [3.8, 4) is 0 Å². The molecule has 0 saturated heterocycles. The summed E-state index contributed by atoms with van der Waals surface area (Å²) in [5.74, 6) is -2.63. The van der Waals surface area contributed by atoms with Crippen LogP contribution >= 0.6 is 8.25 Å². The molecule has 3 atom stereocenters. The largest absolute Gasteiger partial charge is 0.728 e. The van der Waals surface area contributed by atoms with Crippen molar-refractivity contribution in [2.24, 2.45) is 11.7 Å². The number of halogens is 1. The third-order valence-corrected chi connectivity index (χ3v) is 8.19. The van der Waals surface area contributed by atoms with Crippen LogP contribution in [0.3, 0.4) is 0 Å². The van der Waals surface area contributed by atoms with E-state index in [9.17, 15) is 33.2 Å². The van der Waals surface area contributed by atoms with Crippen molar-refractivity contribution in [1.82, 2.24) is 15.6 Å². The lowest BCUT2D eigenvalue weighted by Crippen LogP contribution is -2.47. The van der Waals surface area contributed by atoms with Crippen LogP contribution in [0.2, 0.25) is 0 Å². The molecule has 8 N–H and O–H groups in total. The van der Waals surface area contributed by atoms with Crippen LogP contribution < -0.4 is 21.7 Å². The minimum absolute atomic E-state index is 0.0198. The summed E-state index contributed by atoms with van der Waals surface area (Å²) in [5, 5.41) is 25.9. The molecule has 1 aliphatic rings. The molecule has 46 heavy (non-hydrogen) atoms. The summed E-state index contributed by atoms with van der Waals surface area (Å²) in [5.41, 5.74) is 9.71. The first kappa shape index (κ1) is 36.5. The molecule has 14 nitrogen and oxygen atoms in total. The fraction of sp³-hybridized carbons (Fsp3) is 0.467. The molecule has 1 aromatic heterocycles. The predicted octanol–water partition coefficient (Wildman–Crippen LogP) is 3.00. The van der Waals surface area contributed by atoms with Gasteiger partial charge in [0, 0.05) is 59.1 Å². The Kier molecular flexibility index (Phi) is 14.0. The summed E-state index contributed by atoms with van der Waals surface area (Å²) >= 11 is 0. The Morgan fingerprint density at radius 3 is 2.63 bits per heavy atom. The van der Waals surface area contributed by atoms with Crippen molar-refractivity contribution in [2.45, 2.75) is 64.8 Å². The number of primary amides is 1. The number of nitrogens with two attached hydrogens (primary N) is 1. The van der Waals surface area contributed by atoms with Gasteiger partial charge in [0.05, 0.1) is 10.2 Å². The Balaban J connectivity index is 1.55. The zero-order valence-corrected chi connectivity index (χ0v) is 26.6. The second kappa shape index (κ2) is 17.6. The van der Waals surface area contributed by atoms with Gasteiger partial charge in [0.2, 0.25) is 17.7 Å². The molecule has 4 amide bonds. The van der Waals surface area contributed by atoms with E-state index in [0.717, 1.165) is 16.8 Å². The van der Waals surface area contributed by atoms with Gasteiger partial charge in [-0.3, -0.25) is 19.2 Å². The first-order valence-electron chi connectivity index (χ1n) is 14.8. The number of H-pyrrole nitrogens is 1. The van der Waals surface area contributed by atoms with Crippen LogP contribution in [-0.4, -0.2) is 64.8 Å². The van der Waals surface area contributed by atoms with Crippen molar-refractivity contribution in [1.29, 1.82) is 0 Å². The zero-order chi connectivity index (χ0) is 33.8. The highest BCUT2D eigenvalue weighted by molar-refractivity contribution is 7.33. The molecule has 3 rings (SSSR count). The summed E-state index contributed by atoms with van der Waals surface area (Å²) in [6.07, 6.45) is 3.57. The maximum absolute atomic E-state index is 13.8. The number of aryl methyl sites for hydroxylation is 1. The summed E-state index contributed by atoms with van der Waals surface area (Å²) in [7, 11) is -2.66. The molecule has 0 radical (unpaired) electrons. The molecule has 2 unspecified atom stereocenters. The molecule has 0 fully saturated rings. The van der Waals surface area contributed by atoms with E-state index in [2.05, 4.69) is 25.6 Å². The van der Waals surface area contributed by atoms with Gasteiger partial charge >= 0.3 is 8.25 Å². The molecule has 1 aliphatic heterocycles. The van der Waals surface area contributed by atoms with Gasteiger partial charge in [-0.2, -0.15) is 0 Å². The van der Waals surface area contributed by atoms with Gasteiger partial charge in [0.15, 0.2) is 0 Å². The lowest BCUT2D eigenvalue weighted by molar-refractivity contribution is -0.142. The Hall–Kier alpha value is -4.01. The maximum Gasteiger partial charge on any atom is 0.728 e. The summed E-state index contributed by atoms with van der Waals surface area (Å²) in [6.45, 7) is 3.66. The van der Waals surface area contributed by atoms with Crippen molar-refractivity contribution >= 4 is 49.2 Å². The van der Waals surface area contributed by atoms with Crippen molar-refractivity contribution in [3.05, 3.63) is 52.1 Å². The van der Waals surface area contributed by atoms with E-state index in [4.69, 9.17) is 15.5 Å². The number of aliphatic hydroxyl groups excluding tert-OH is 1. The average Bonchev–Trinajstić information content (AvgIpc) is 3.47. The SMILES string of the molecule is Cc1[nH]c(C=C2C(=O)Nc3ccc(F)cc32)c(C)c1CCC(=O)N[C@H](CCC(N)=O)C(=O)NCCCCC(CO)CO[P+](=O)OO. The average molecular weight is 665 g/mol. The summed E-state index contributed by atoms with van der Waals surface area (Å²) in [6, 6.07) is 3.10. The highest BCUT2D eigenvalue weighted by Gasteiger charge is 2.26. The number of nitrogens with one attached hydrogen (secondary N) is 4. The van der Waals surface area contributed by atoms with Gasteiger partial charge in [-0.05, 0) is 74.9 Å². The number of unbranched alkanes of at least 4 members (excludes halogenated alkanes) is 1. The first-order chi connectivity index (χ1) is 21.9. The Morgan fingerprint density at radius 1 is 1.17 bits per heavy atom. The third-order valence-electron chi connectivity index (χ3n) is 7.70. The van der Waals surface area contributed by atoms with E-state index in [1.807, 2.05) is 13.8 Å². The zero-order valence-electron chi connectivity index (χ0n) is 25.7. The van der Waals surface area contributed by atoms with Crippen LogP contribution in [0.15, 0.2) is 18.2 Å². The smallest absolute Gasteiger partial charge is 0.396 e. The fourth-order valence-electron chi connectivity index (χ4n) is 5.15. The molecular weight excluding hydrogens is 624 g/mol. The molecule has 1 aromatic carbocycles. The van der Waals surface area contributed by atoms with Crippen LogP contribution in [0.4, 0.5) is 10.1 Å². The number of amides is 4. The number of rotatable bonds is 19. The third kappa shape index (κ3) is 10.5. The van der Waals surface area contributed by atoms with E-state index in [1.54, 1.807) is 6.08 Å². The van der Waals surface area contributed by atoms with Gasteiger partial charge in [-0.25, -0.2) is 9.65 Å². The Labute approximate surface area is 266 Å². The number of aromatic nitrogens is 1. The number of anilines is 1. The highest BCUT2D eigenvalue weighted by atomic mass is 31.1. The summed E-state index contributed by atoms with van der Waals surface area (Å²) in [4.78, 5) is 52.9. The van der Waals surface area contributed by atoms with Crippen molar-refractivity contribution in [2.75, 3.05) is 25.1 Å². The number of hydrogen-bond donors (Lipinski definition) is 7. The van der Waals surface area contributed by atoms with E-state index in [1.165, 1.54) is 18.2 Å². The molecule has 0 saturated carbocycles. The molecular formula is C30H40FN5O9P+. The second-order valence-electron chi connectivity index (χ2n) is 11.0. The molecule has 250 valence electrons. The van der Waals surface area contributed by atoms with Gasteiger partial charge in [-0.15, -0.1) is 4.52 Å². The van der Waals surface area contributed by atoms with Gasteiger partial charge in [-0.1, -0.05) is 6.42 Å². The second-order valence-corrected chi connectivity index (χ2v) is 11.9. The number of fused-ring (bicyclic) bond motifs is 1. The number of hydrogen-bond acceptors (Lipinski definition) is 9. The molecule has 0 aliphatic carbocycles. The quantitative estimate of drug-likeness (QED) is 0.0385. The van der Waals surface area contributed by atoms with E-state index in [-0.39, 0.29) is 50.8 Å². The van der Waals surface area contributed by atoms with Crippen molar-refractivity contribution < 1.29 is 47.7 Å². The monoisotopic (exact) mass is 664 g/mol. The molecule has 16 heteroatoms. The molecule has 2 aromatic rings. The molecule has 0 spiro atoms. The number of carbonyl (C=O) groups is 4. The van der Waals surface area contributed by atoms with Crippen LogP contribution in [0.25, 0.3) is 11.6 Å². The lowest BCUT2D eigenvalue weighted by atomic mass is 10.0. The first-order valence-corrected chi connectivity index (χ1v) is 15.9. The van der Waals surface area contributed by atoms with E-state index in [0.29, 0.717) is 48.2 Å². The number of carbonyl (C=O) groups excluding carboxylic acids is 4. The lowest BCUT2D eigenvalue weighted by Gasteiger charge is -2.18. The number of aromatic amines is 1.